The second-order valence-electron chi connectivity index (χ2n) is 7.74. The number of primary amides is 1. The van der Waals surface area contributed by atoms with Gasteiger partial charge in [-0.3, -0.25) is 9.59 Å². The largest absolute Gasteiger partial charge is 0.368 e. The highest BCUT2D eigenvalue weighted by Gasteiger charge is 2.40. The van der Waals surface area contributed by atoms with Crippen molar-refractivity contribution in [2.75, 3.05) is 0 Å². The highest BCUT2D eigenvalue weighted by molar-refractivity contribution is 5.98. The molecule has 1 aliphatic carbocycles. The van der Waals surface area contributed by atoms with Crippen molar-refractivity contribution in [1.29, 1.82) is 0 Å². The van der Waals surface area contributed by atoms with Crippen molar-refractivity contribution in [3.05, 3.63) is 71.3 Å². The predicted octanol–water partition coefficient (Wildman–Crippen LogP) is 4.18. The van der Waals surface area contributed by atoms with Gasteiger partial charge in [-0.05, 0) is 54.9 Å². The number of nitrogens with two attached hydrogens (primary N) is 1. The van der Waals surface area contributed by atoms with Gasteiger partial charge in [0.1, 0.15) is 6.04 Å². The number of amides is 2. The number of rotatable bonds is 4. The van der Waals surface area contributed by atoms with Crippen LogP contribution in [0.1, 0.15) is 72.0 Å². The lowest BCUT2D eigenvalue weighted by Gasteiger charge is -2.29. The highest BCUT2D eigenvalue weighted by atomic mass is 16.2. The minimum Gasteiger partial charge on any atom is -0.368 e. The van der Waals surface area contributed by atoms with Crippen LogP contribution >= 0.6 is 0 Å². The molecule has 2 aromatic carbocycles. The molecule has 1 saturated heterocycles. The van der Waals surface area contributed by atoms with E-state index in [1.165, 1.54) is 31.2 Å². The zero-order valence-electron chi connectivity index (χ0n) is 15.5. The fraction of sp³-hybridized carbons (Fsp3) is 0.391. The van der Waals surface area contributed by atoms with E-state index in [2.05, 4.69) is 12.1 Å². The lowest BCUT2D eigenvalue weighted by atomic mass is 9.96. The number of hydrogen-bond donors (Lipinski definition) is 1. The summed E-state index contributed by atoms with van der Waals surface area (Å²) < 4.78 is 0. The van der Waals surface area contributed by atoms with Crippen molar-refractivity contribution in [1.82, 2.24) is 4.90 Å². The normalized spacial score (nSPS) is 22.9. The van der Waals surface area contributed by atoms with E-state index < -0.39 is 11.9 Å². The Bertz CT molecular complexity index is 810. The van der Waals surface area contributed by atoms with Crippen LogP contribution in [0.5, 0.6) is 0 Å². The van der Waals surface area contributed by atoms with E-state index >= 15 is 0 Å². The molecule has 2 aromatic rings. The molecule has 4 nitrogen and oxygen atoms in total. The van der Waals surface area contributed by atoms with Gasteiger partial charge in [-0.15, -0.1) is 0 Å². The molecule has 4 heteroatoms. The molecule has 0 bridgehead atoms. The first-order valence-electron chi connectivity index (χ1n) is 9.92. The van der Waals surface area contributed by atoms with Crippen molar-refractivity contribution in [2.24, 2.45) is 5.73 Å². The zero-order chi connectivity index (χ0) is 18.8. The summed E-state index contributed by atoms with van der Waals surface area (Å²) >= 11 is 0. The molecule has 2 aliphatic rings. The van der Waals surface area contributed by atoms with E-state index in [1.807, 2.05) is 42.5 Å². The molecule has 0 radical (unpaired) electrons. The van der Waals surface area contributed by atoms with Gasteiger partial charge in [-0.1, -0.05) is 55.3 Å². The van der Waals surface area contributed by atoms with Crippen molar-refractivity contribution in [2.45, 2.75) is 56.5 Å². The van der Waals surface area contributed by atoms with Crippen LogP contribution in [0.3, 0.4) is 0 Å². The molecule has 2 atom stereocenters. The Balaban J connectivity index is 1.61. The second-order valence-corrected chi connectivity index (χ2v) is 7.74. The minimum atomic E-state index is -0.544. The summed E-state index contributed by atoms with van der Waals surface area (Å²) in [4.78, 5) is 27.0. The Morgan fingerprint density at radius 2 is 1.48 bits per heavy atom. The lowest BCUT2D eigenvalue weighted by molar-refractivity contribution is -0.122. The maximum atomic E-state index is 13.3. The van der Waals surface area contributed by atoms with Crippen LogP contribution in [0, 0.1) is 0 Å². The van der Waals surface area contributed by atoms with Crippen LogP contribution < -0.4 is 5.73 Å². The monoisotopic (exact) mass is 362 g/mol. The SMILES string of the molecule is NC(=O)[C@H]1CC[C@H](c2ccccc2)N1C(=O)c1ccc(C2CCCC2)cc1. The summed E-state index contributed by atoms with van der Waals surface area (Å²) in [6.45, 7) is 0. The van der Waals surface area contributed by atoms with E-state index in [0.717, 1.165) is 12.0 Å². The smallest absolute Gasteiger partial charge is 0.255 e. The molecule has 1 aliphatic heterocycles. The minimum absolute atomic E-state index is 0.106. The molecule has 27 heavy (non-hydrogen) atoms. The van der Waals surface area contributed by atoms with Gasteiger partial charge in [0.15, 0.2) is 0 Å². The molecule has 2 fully saturated rings. The Morgan fingerprint density at radius 3 is 2.11 bits per heavy atom. The predicted molar refractivity (Wildman–Crippen MR) is 105 cm³/mol. The van der Waals surface area contributed by atoms with Gasteiger partial charge in [-0.25, -0.2) is 0 Å². The molecule has 2 N–H and O–H groups in total. The quantitative estimate of drug-likeness (QED) is 0.887. The number of nitrogens with zero attached hydrogens (tertiary/aromatic N) is 1. The number of likely N-dealkylation sites (tertiary alicyclic amines) is 1. The standard InChI is InChI=1S/C23H26N2O2/c24-22(26)21-15-14-20(18-8-2-1-3-9-18)25(21)23(27)19-12-10-17(11-13-19)16-6-4-5-7-16/h1-3,8-13,16,20-21H,4-7,14-15H2,(H2,24,26)/t20-,21-/m1/s1. The average Bonchev–Trinajstić information content (AvgIpc) is 3.38. The van der Waals surface area contributed by atoms with Crippen molar-refractivity contribution in [3.63, 3.8) is 0 Å². The van der Waals surface area contributed by atoms with E-state index in [4.69, 9.17) is 5.73 Å². The van der Waals surface area contributed by atoms with E-state index in [-0.39, 0.29) is 11.9 Å². The van der Waals surface area contributed by atoms with Gasteiger partial charge in [0.05, 0.1) is 6.04 Å². The van der Waals surface area contributed by atoms with Gasteiger partial charge in [0.2, 0.25) is 5.91 Å². The van der Waals surface area contributed by atoms with Crippen LogP contribution in [-0.4, -0.2) is 22.8 Å². The summed E-state index contributed by atoms with van der Waals surface area (Å²) in [6, 6.07) is 17.2. The molecule has 4 rings (SSSR count). The summed E-state index contributed by atoms with van der Waals surface area (Å²) in [5.41, 5.74) is 8.62. The van der Waals surface area contributed by atoms with Crippen LogP contribution in [-0.2, 0) is 4.79 Å². The van der Waals surface area contributed by atoms with Crippen molar-refractivity contribution >= 4 is 11.8 Å². The number of carbonyl (C=O) groups is 2. The fourth-order valence-corrected chi connectivity index (χ4v) is 4.68. The van der Waals surface area contributed by atoms with Gasteiger partial charge in [0.25, 0.3) is 5.91 Å². The van der Waals surface area contributed by atoms with E-state index in [1.54, 1.807) is 4.90 Å². The first kappa shape index (κ1) is 17.8. The topological polar surface area (TPSA) is 63.4 Å². The Labute approximate surface area is 160 Å². The molecule has 1 saturated carbocycles. The summed E-state index contributed by atoms with van der Waals surface area (Å²) in [6.07, 6.45) is 6.42. The number of hydrogen-bond acceptors (Lipinski definition) is 2. The van der Waals surface area contributed by atoms with Crippen LogP contribution in [0.4, 0.5) is 0 Å². The fourth-order valence-electron chi connectivity index (χ4n) is 4.68. The van der Waals surface area contributed by atoms with E-state index in [9.17, 15) is 9.59 Å². The molecule has 140 valence electrons. The highest BCUT2D eigenvalue weighted by Crippen LogP contribution is 2.38. The second kappa shape index (κ2) is 7.55. The maximum Gasteiger partial charge on any atom is 0.255 e. The Morgan fingerprint density at radius 1 is 0.815 bits per heavy atom. The third-order valence-electron chi connectivity index (χ3n) is 6.12. The van der Waals surface area contributed by atoms with Crippen LogP contribution in [0.15, 0.2) is 54.6 Å². The zero-order valence-corrected chi connectivity index (χ0v) is 15.5. The first-order chi connectivity index (χ1) is 13.1. The molecule has 0 aromatic heterocycles. The maximum absolute atomic E-state index is 13.3. The van der Waals surface area contributed by atoms with Crippen molar-refractivity contribution in [3.8, 4) is 0 Å². The summed E-state index contributed by atoms with van der Waals surface area (Å²) in [7, 11) is 0. The first-order valence-corrected chi connectivity index (χ1v) is 9.92. The third-order valence-corrected chi connectivity index (χ3v) is 6.12. The Kier molecular flexibility index (Phi) is 4.97. The summed E-state index contributed by atoms with van der Waals surface area (Å²) in [5, 5.41) is 0. The number of benzene rings is 2. The molecule has 0 unspecified atom stereocenters. The van der Waals surface area contributed by atoms with Gasteiger partial charge < -0.3 is 10.6 Å². The summed E-state index contributed by atoms with van der Waals surface area (Å²) in [5.74, 6) is 0.0869. The third kappa shape index (κ3) is 3.48. The lowest BCUT2D eigenvalue weighted by Crippen LogP contribution is -2.44. The number of carbonyl (C=O) groups excluding carboxylic acids is 2. The molecular weight excluding hydrogens is 336 g/mol. The molecular formula is C23H26N2O2. The van der Waals surface area contributed by atoms with Crippen LogP contribution in [0.2, 0.25) is 0 Å². The van der Waals surface area contributed by atoms with E-state index in [0.29, 0.717) is 17.9 Å². The molecule has 2 amide bonds. The van der Waals surface area contributed by atoms with Gasteiger partial charge in [-0.2, -0.15) is 0 Å². The molecule has 0 spiro atoms. The average molecular weight is 362 g/mol. The molecule has 1 heterocycles. The van der Waals surface area contributed by atoms with Crippen LogP contribution in [0.25, 0.3) is 0 Å². The van der Waals surface area contributed by atoms with Gasteiger partial charge >= 0.3 is 0 Å². The Hall–Kier alpha value is -2.62. The van der Waals surface area contributed by atoms with Gasteiger partial charge in [0, 0.05) is 5.56 Å². The van der Waals surface area contributed by atoms with Crippen molar-refractivity contribution < 1.29 is 9.59 Å².